The van der Waals surface area contributed by atoms with Crippen molar-refractivity contribution in [3.05, 3.63) is 0 Å². The first-order chi connectivity index (χ1) is 5.35. The molecule has 0 saturated heterocycles. The van der Waals surface area contributed by atoms with E-state index in [0.29, 0.717) is 6.04 Å². The van der Waals surface area contributed by atoms with Crippen LogP contribution in [-0.4, -0.2) is 17.5 Å². The fourth-order valence-electron chi connectivity index (χ4n) is 0.925. The van der Waals surface area contributed by atoms with Gasteiger partial charge in [-0.25, -0.2) is 0 Å². The number of hydrazine groups is 1. The van der Waals surface area contributed by atoms with E-state index in [1.807, 2.05) is 11.8 Å². The first-order valence-electron chi connectivity index (χ1n) is 4.39. The van der Waals surface area contributed by atoms with E-state index in [9.17, 15) is 0 Å². The predicted molar refractivity (Wildman–Crippen MR) is 53.6 cm³/mol. The lowest BCUT2D eigenvalue weighted by molar-refractivity contribution is 0.516. The molecule has 0 aromatic heterocycles. The molecule has 0 aliphatic rings. The number of nitrogens with one attached hydrogen (secondary N) is 1. The van der Waals surface area contributed by atoms with Crippen molar-refractivity contribution < 1.29 is 0 Å². The number of rotatable bonds is 7. The molecule has 0 saturated carbocycles. The molecular weight excluding hydrogens is 156 g/mol. The minimum Gasteiger partial charge on any atom is -0.271 e. The summed E-state index contributed by atoms with van der Waals surface area (Å²) in [5.74, 6) is 7.72. The van der Waals surface area contributed by atoms with E-state index >= 15 is 0 Å². The second-order valence-electron chi connectivity index (χ2n) is 2.67. The monoisotopic (exact) mass is 176 g/mol. The molecule has 0 spiro atoms. The average Bonchev–Trinajstić information content (AvgIpc) is 2.05. The van der Waals surface area contributed by atoms with Gasteiger partial charge in [0.15, 0.2) is 0 Å². The maximum absolute atomic E-state index is 5.39. The maximum atomic E-state index is 5.39. The number of hydrogen-bond donors (Lipinski definition) is 2. The highest BCUT2D eigenvalue weighted by molar-refractivity contribution is 7.99. The van der Waals surface area contributed by atoms with Gasteiger partial charge in [-0.1, -0.05) is 26.7 Å². The van der Waals surface area contributed by atoms with Crippen LogP contribution in [-0.2, 0) is 0 Å². The van der Waals surface area contributed by atoms with Crippen LogP contribution in [0.25, 0.3) is 0 Å². The molecular formula is C8H20N2S. The highest BCUT2D eigenvalue weighted by Crippen LogP contribution is 2.07. The van der Waals surface area contributed by atoms with Gasteiger partial charge in [-0.15, -0.1) is 0 Å². The quantitative estimate of drug-likeness (QED) is 0.458. The molecule has 0 aliphatic carbocycles. The van der Waals surface area contributed by atoms with Gasteiger partial charge in [-0.05, 0) is 12.2 Å². The minimum atomic E-state index is 0.514. The zero-order valence-electron chi connectivity index (χ0n) is 7.60. The van der Waals surface area contributed by atoms with Gasteiger partial charge in [-0.3, -0.25) is 11.3 Å². The summed E-state index contributed by atoms with van der Waals surface area (Å²) >= 11 is 1.95. The number of hydrogen-bond acceptors (Lipinski definition) is 3. The van der Waals surface area contributed by atoms with Gasteiger partial charge in [-0.2, -0.15) is 11.8 Å². The van der Waals surface area contributed by atoms with Gasteiger partial charge < -0.3 is 0 Å². The highest BCUT2D eigenvalue weighted by atomic mass is 32.2. The smallest absolute Gasteiger partial charge is 0.0301 e. The van der Waals surface area contributed by atoms with Crippen molar-refractivity contribution in [2.75, 3.05) is 11.5 Å². The SMILES string of the molecule is CCCCC(CSCC)NN. The van der Waals surface area contributed by atoms with Gasteiger partial charge in [0.1, 0.15) is 0 Å². The van der Waals surface area contributed by atoms with Gasteiger partial charge in [0, 0.05) is 11.8 Å². The molecule has 11 heavy (non-hydrogen) atoms. The Morgan fingerprint density at radius 3 is 2.64 bits per heavy atom. The Morgan fingerprint density at radius 1 is 1.45 bits per heavy atom. The number of unbranched alkanes of at least 4 members (excludes halogenated alkanes) is 1. The molecule has 1 atom stereocenters. The summed E-state index contributed by atoms with van der Waals surface area (Å²) < 4.78 is 0. The standard InChI is InChI=1S/C8H20N2S/c1-3-5-6-8(10-9)7-11-4-2/h8,10H,3-7,9H2,1-2H3. The van der Waals surface area contributed by atoms with Crippen LogP contribution >= 0.6 is 11.8 Å². The zero-order valence-corrected chi connectivity index (χ0v) is 8.41. The second-order valence-corrected chi connectivity index (χ2v) is 3.98. The lowest BCUT2D eigenvalue weighted by atomic mass is 10.1. The molecule has 0 rings (SSSR count). The summed E-state index contributed by atoms with van der Waals surface area (Å²) in [5, 5.41) is 0. The molecule has 0 fully saturated rings. The van der Waals surface area contributed by atoms with Crippen molar-refractivity contribution in [1.82, 2.24) is 5.43 Å². The van der Waals surface area contributed by atoms with Crippen LogP contribution < -0.4 is 11.3 Å². The van der Waals surface area contributed by atoms with E-state index in [0.717, 1.165) is 5.75 Å². The van der Waals surface area contributed by atoms with Crippen LogP contribution in [0.5, 0.6) is 0 Å². The zero-order chi connectivity index (χ0) is 8.53. The predicted octanol–water partition coefficient (Wildman–Crippen LogP) is 1.76. The molecule has 2 nitrogen and oxygen atoms in total. The topological polar surface area (TPSA) is 38.0 Å². The number of thioether (sulfide) groups is 1. The number of nitrogens with two attached hydrogens (primary N) is 1. The lowest BCUT2D eigenvalue weighted by Gasteiger charge is -2.13. The largest absolute Gasteiger partial charge is 0.271 e. The Bertz CT molecular complexity index is 70.5. The Balaban J connectivity index is 3.25. The van der Waals surface area contributed by atoms with E-state index in [4.69, 9.17) is 5.84 Å². The van der Waals surface area contributed by atoms with Crippen molar-refractivity contribution in [2.45, 2.75) is 39.2 Å². The molecule has 3 heteroatoms. The first-order valence-corrected chi connectivity index (χ1v) is 5.54. The third-order valence-corrected chi connectivity index (χ3v) is 2.71. The third-order valence-electron chi connectivity index (χ3n) is 1.67. The van der Waals surface area contributed by atoms with E-state index in [2.05, 4.69) is 19.3 Å². The molecule has 0 bridgehead atoms. The van der Waals surface area contributed by atoms with E-state index in [1.54, 1.807) is 0 Å². The second kappa shape index (κ2) is 8.37. The lowest BCUT2D eigenvalue weighted by Crippen LogP contribution is -2.36. The molecule has 68 valence electrons. The Hall–Kier alpha value is 0.270. The van der Waals surface area contributed by atoms with Crippen molar-refractivity contribution in [1.29, 1.82) is 0 Å². The van der Waals surface area contributed by atoms with E-state index in [-0.39, 0.29) is 0 Å². The molecule has 0 radical (unpaired) electrons. The van der Waals surface area contributed by atoms with Crippen molar-refractivity contribution in [3.63, 3.8) is 0 Å². The van der Waals surface area contributed by atoms with Crippen molar-refractivity contribution >= 4 is 11.8 Å². The summed E-state index contributed by atoms with van der Waals surface area (Å²) in [6.07, 6.45) is 3.74. The van der Waals surface area contributed by atoms with Gasteiger partial charge in [0.2, 0.25) is 0 Å². The van der Waals surface area contributed by atoms with Crippen molar-refractivity contribution in [3.8, 4) is 0 Å². The molecule has 0 aromatic carbocycles. The normalized spacial score (nSPS) is 13.4. The summed E-state index contributed by atoms with van der Waals surface area (Å²) in [4.78, 5) is 0. The van der Waals surface area contributed by atoms with Crippen LogP contribution in [0.15, 0.2) is 0 Å². The Labute approximate surface area is 74.3 Å². The Morgan fingerprint density at radius 2 is 2.18 bits per heavy atom. The molecule has 1 unspecified atom stereocenters. The molecule has 0 heterocycles. The van der Waals surface area contributed by atoms with Gasteiger partial charge >= 0.3 is 0 Å². The van der Waals surface area contributed by atoms with Crippen LogP contribution in [0, 0.1) is 0 Å². The summed E-state index contributed by atoms with van der Waals surface area (Å²) in [6, 6.07) is 0.514. The highest BCUT2D eigenvalue weighted by Gasteiger charge is 2.03. The Kier molecular flexibility index (Phi) is 8.57. The van der Waals surface area contributed by atoms with Crippen LogP contribution in [0.2, 0.25) is 0 Å². The van der Waals surface area contributed by atoms with Crippen LogP contribution in [0.1, 0.15) is 33.1 Å². The van der Waals surface area contributed by atoms with Crippen molar-refractivity contribution in [2.24, 2.45) is 5.84 Å². The fraction of sp³-hybridized carbons (Fsp3) is 1.00. The van der Waals surface area contributed by atoms with Gasteiger partial charge in [0.05, 0.1) is 0 Å². The minimum absolute atomic E-state index is 0.514. The van der Waals surface area contributed by atoms with E-state index in [1.165, 1.54) is 25.0 Å². The molecule has 0 amide bonds. The third kappa shape index (κ3) is 6.66. The summed E-state index contributed by atoms with van der Waals surface area (Å²) in [6.45, 7) is 4.39. The fourth-order valence-corrected chi connectivity index (χ4v) is 1.71. The maximum Gasteiger partial charge on any atom is 0.0301 e. The summed E-state index contributed by atoms with van der Waals surface area (Å²) in [5.41, 5.74) is 2.85. The van der Waals surface area contributed by atoms with Crippen LogP contribution in [0.3, 0.4) is 0 Å². The first kappa shape index (κ1) is 11.3. The summed E-state index contributed by atoms with van der Waals surface area (Å²) in [7, 11) is 0. The molecule has 3 N–H and O–H groups in total. The molecule has 0 aliphatic heterocycles. The van der Waals surface area contributed by atoms with Gasteiger partial charge in [0.25, 0.3) is 0 Å². The average molecular weight is 176 g/mol. The van der Waals surface area contributed by atoms with E-state index < -0.39 is 0 Å². The molecule has 0 aromatic rings. The van der Waals surface area contributed by atoms with Crippen LogP contribution in [0.4, 0.5) is 0 Å².